The minimum Gasteiger partial charge on any atom is -0.325 e. The Bertz CT molecular complexity index is 1160. The van der Waals surface area contributed by atoms with E-state index in [9.17, 15) is 13.2 Å². The van der Waals surface area contributed by atoms with Gasteiger partial charge < -0.3 is 9.88 Å². The number of carbonyl (C=O) groups excluding carboxylic acids is 1. The van der Waals surface area contributed by atoms with E-state index in [1.807, 2.05) is 44.5 Å². The number of fused-ring (bicyclic) bond motifs is 1. The van der Waals surface area contributed by atoms with Crippen LogP contribution in [0.15, 0.2) is 40.4 Å². The van der Waals surface area contributed by atoms with Crippen LogP contribution in [0, 0.1) is 20.8 Å². The second kappa shape index (κ2) is 7.57. The number of carbonyl (C=O) groups is 1. The molecule has 2 aromatic carbocycles. The predicted molar refractivity (Wildman–Crippen MR) is 112 cm³/mol. The number of rotatable bonds is 5. The summed E-state index contributed by atoms with van der Waals surface area (Å²) in [5.74, 6) is 0.0590. The number of aromatic nitrogens is 2. The summed E-state index contributed by atoms with van der Waals surface area (Å²) in [6, 6.07) is 8.61. The van der Waals surface area contributed by atoms with E-state index in [0.29, 0.717) is 10.7 Å². The highest BCUT2D eigenvalue weighted by Crippen LogP contribution is 2.26. The SMILES string of the molecule is Cc1cc(C)c(NC(=O)CSc2nc3cc(S(N)(=O)=O)ccc3n2C)c(C)c1. The van der Waals surface area contributed by atoms with Crippen LogP contribution in [0.2, 0.25) is 0 Å². The first-order valence-corrected chi connectivity index (χ1v) is 11.1. The van der Waals surface area contributed by atoms with Gasteiger partial charge in [0.25, 0.3) is 0 Å². The van der Waals surface area contributed by atoms with Gasteiger partial charge in [-0.1, -0.05) is 29.5 Å². The lowest BCUT2D eigenvalue weighted by Gasteiger charge is -2.12. The maximum atomic E-state index is 12.4. The van der Waals surface area contributed by atoms with Gasteiger partial charge in [-0.3, -0.25) is 4.79 Å². The van der Waals surface area contributed by atoms with Crippen molar-refractivity contribution in [2.45, 2.75) is 30.8 Å². The number of sulfonamides is 1. The molecule has 1 aromatic heterocycles. The monoisotopic (exact) mass is 418 g/mol. The number of benzene rings is 2. The number of thioether (sulfide) groups is 1. The Labute approximate surface area is 168 Å². The van der Waals surface area contributed by atoms with Crippen molar-refractivity contribution >= 4 is 44.4 Å². The Morgan fingerprint density at radius 1 is 1.18 bits per heavy atom. The molecule has 3 N–H and O–H groups in total. The quantitative estimate of drug-likeness (QED) is 0.620. The van der Waals surface area contributed by atoms with Gasteiger partial charge in [0.15, 0.2) is 5.16 Å². The molecule has 0 aliphatic rings. The van der Waals surface area contributed by atoms with Gasteiger partial charge in [0.1, 0.15) is 0 Å². The molecule has 7 nitrogen and oxygen atoms in total. The largest absolute Gasteiger partial charge is 0.325 e. The van der Waals surface area contributed by atoms with Crippen LogP contribution in [0.4, 0.5) is 5.69 Å². The van der Waals surface area contributed by atoms with Gasteiger partial charge in [-0.05, 0) is 50.1 Å². The van der Waals surface area contributed by atoms with Crippen LogP contribution in [-0.2, 0) is 21.9 Å². The normalized spacial score (nSPS) is 11.8. The molecule has 0 fully saturated rings. The van der Waals surface area contributed by atoms with E-state index in [4.69, 9.17) is 5.14 Å². The van der Waals surface area contributed by atoms with E-state index in [1.165, 1.54) is 23.9 Å². The van der Waals surface area contributed by atoms with E-state index < -0.39 is 10.0 Å². The summed E-state index contributed by atoms with van der Waals surface area (Å²) in [6.45, 7) is 5.96. The van der Waals surface area contributed by atoms with Crippen molar-refractivity contribution in [3.8, 4) is 0 Å². The molecule has 9 heteroatoms. The Kier molecular flexibility index (Phi) is 5.51. The molecule has 1 amide bonds. The molecule has 0 atom stereocenters. The number of nitrogens with zero attached hydrogens (tertiary/aromatic N) is 2. The zero-order valence-corrected chi connectivity index (χ0v) is 17.7. The van der Waals surface area contributed by atoms with Crippen molar-refractivity contribution in [3.63, 3.8) is 0 Å². The molecule has 0 aliphatic heterocycles. The van der Waals surface area contributed by atoms with E-state index in [0.717, 1.165) is 27.9 Å². The van der Waals surface area contributed by atoms with Crippen LogP contribution in [-0.4, -0.2) is 29.6 Å². The van der Waals surface area contributed by atoms with Gasteiger partial charge >= 0.3 is 0 Å². The summed E-state index contributed by atoms with van der Waals surface area (Å²) in [6.07, 6.45) is 0. The Morgan fingerprint density at radius 3 is 2.43 bits per heavy atom. The third-order valence-corrected chi connectivity index (χ3v) is 6.35. The summed E-state index contributed by atoms with van der Waals surface area (Å²) in [5, 5.41) is 8.76. The molecule has 3 rings (SSSR count). The van der Waals surface area contributed by atoms with Crippen molar-refractivity contribution in [2.24, 2.45) is 12.2 Å². The van der Waals surface area contributed by atoms with Crippen LogP contribution in [0.25, 0.3) is 11.0 Å². The number of imidazole rings is 1. The number of hydrogen-bond acceptors (Lipinski definition) is 5. The summed E-state index contributed by atoms with van der Waals surface area (Å²) in [4.78, 5) is 16.9. The van der Waals surface area contributed by atoms with Crippen molar-refractivity contribution in [3.05, 3.63) is 47.0 Å². The molecular weight excluding hydrogens is 396 g/mol. The molecule has 3 aromatic rings. The molecule has 148 valence electrons. The highest BCUT2D eigenvalue weighted by atomic mass is 32.2. The standard InChI is InChI=1S/C19H22N4O3S2/c1-11-7-12(2)18(13(3)8-11)22-17(24)10-27-19-21-15-9-14(28(20,25)26)5-6-16(15)23(19)4/h5-9H,10H2,1-4H3,(H,22,24)(H2,20,25,26). The number of anilines is 1. The minimum atomic E-state index is -3.79. The van der Waals surface area contributed by atoms with E-state index in [2.05, 4.69) is 10.3 Å². The zero-order valence-electron chi connectivity index (χ0n) is 16.1. The summed E-state index contributed by atoms with van der Waals surface area (Å²) in [7, 11) is -1.97. The second-order valence-electron chi connectivity index (χ2n) is 6.76. The van der Waals surface area contributed by atoms with Gasteiger partial charge in [0.05, 0.1) is 21.7 Å². The first kappa shape index (κ1) is 20.4. The molecule has 0 saturated heterocycles. The Balaban J connectivity index is 1.76. The van der Waals surface area contributed by atoms with Gasteiger partial charge in [-0.2, -0.15) is 0 Å². The van der Waals surface area contributed by atoms with E-state index in [-0.39, 0.29) is 16.6 Å². The Morgan fingerprint density at radius 2 is 1.82 bits per heavy atom. The molecular formula is C19H22N4O3S2. The Hall–Kier alpha value is -2.36. The number of primary sulfonamides is 1. The maximum Gasteiger partial charge on any atom is 0.238 e. The fraction of sp³-hybridized carbons (Fsp3) is 0.263. The first-order valence-electron chi connectivity index (χ1n) is 8.56. The van der Waals surface area contributed by atoms with Gasteiger partial charge in [0.2, 0.25) is 15.9 Å². The van der Waals surface area contributed by atoms with Gasteiger partial charge in [0, 0.05) is 12.7 Å². The highest BCUT2D eigenvalue weighted by Gasteiger charge is 2.15. The molecule has 0 radical (unpaired) electrons. The lowest BCUT2D eigenvalue weighted by molar-refractivity contribution is -0.113. The van der Waals surface area contributed by atoms with E-state index >= 15 is 0 Å². The third-order valence-electron chi connectivity index (χ3n) is 4.41. The van der Waals surface area contributed by atoms with Gasteiger partial charge in [-0.25, -0.2) is 18.5 Å². The minimum absolute atomic E-state index is 0.0118. The topological polar surface area (TPSA) is 107 Å². The molecule has 0 saturated carbocycles. The van der Waals surface area contributed by atoms with Crippen LogP contribution in [0.3, 0.4) is 0 Å². The lowest BCUT2D eigenvalue weighted by Crippen LogP contribution is -2.16. The number of nitrogens with one attached hydrogen (secondary N) is 1. The van der Waals surface area contributed by atoms with Crippen LogP contribution in [0.5, 0.6) is 0 Å². The summed E-state index contributed by atoms with van der Waals surface area (Å²) < 4.78 is 24.9. The molecule has 28 heavy (non-hydrogen) atoms. The summed E-state index contributed by atoms with van der Waals surface area (Å²) in [5.41, 5.74) is 5.31. The molecule has 0 spiro atoms. The van der Waals surface area contributed by atoms with Crippen molar-refractivity contribution in [1.82, 2.24) is 9.55 Å². The van der Waals surface area contributed by atoms with Crippen molar-refractivity contribution in [2.75, 3.05) is 11.1 Å². The van der Waals surface area contributed by atoms with Gasteiger partial charge in [-0.15, -0.1) is 0 Å². The zero-order chi connectivity index (χ0) is 20.6. The van der Waals surface area contributed by atoms with Crippen molar-refractivity contribution in [1.29, 1.82) is 0 Å². The predicted octanol–water partition coefficient (Wildman–Crippen LogP) is 2.88. The van der Waals surface area contributed by atoms with Crippen LogP contribution in [0.1, 0.15) is 16.7 Å². The highest BCUT2D eigenvalue weighted by molar-refractivity contribution is 7.99. The molecule has 0 aliphatic carbocycles. The van der Waals surface area contributed by atoms with E-state index in [1.54, 1.807) is 6.07 Å². The summed E-state index contributed by atoms with van der Waals surface area (Å²) >= 11 is 1.29. The van der Waals surface area contributed by atoms with Crippen LogP contribution < -0.4 is 10.5 Å². The second-order valence-corrected chi connectivity index (χ2v) is 9.26. The average Bonchev–Trinajstić information content (AvgIpc) is 2.91. The van der Waals surface area contributed by atoms with Crippen molar-refractivity contribution < 1.29 is 13.2 Å². The molecule has 0 unspecified atom stereocenters. The molecule has 0 bridgehead atoms. The fourth-order valence-electron chi connectivity index (χ4n) is 3.15. The number of nitrogens with two attached hydrogens (primary N) is 1. The van der Waals surface area contributed by atoms with Crippen LogP contribution >= 0.6 is 11.8 Å². The maximum absolute atomic E-state index is 12.4. The average molecular weight is 419 g/mol. The third kappa shape index (κ3) is 4.21. The smallest absolute Gasteiger partial charge is 0.238 e. The molecule has 1 heterocycles. The number of aryl methyl sites for hydroxylation is 4. The number of hydrogen-bond donors (Lipinski definition) is 2. The number of amides is 1. The lowest BCUT2D eigenvalue weighted by atomic mass is 10.1. The fourth-order valence-corrected chi connectivity index (χ4v) is 4.47. The first-order chi connectivity index (χ1) is 13.1.